The second kappa shape index (κ2) is 7.76. The molecule has 0 fully saturated rings. The lowest BCUT2D eigenvalue weighted by molar-refractivity contribution is 0.312. The van der Waals surface area contributed by atoms with Gasteiger partial charge in [-0.05, 0) is 27.2 Å². The maximum absolute atomic E-state index is 5.71. The fraction of sp³-hybridized carbons (Fsp3) is 0.769. The first-order chi connectivity index (χ1) is 9.08. The van der Waals surface area contributed by atoms with Gasteiger partial charge in [-0.15, -0.1) is 0 Å². The molecule has 1 aromatic heterocycles. The number of nitrogens with two attached hydrogens (primary N) is 1. The summed E-state index contributed by atoms with van der Waals surface area (Å²) in [6.45, 7) is 9.74. The average Bonchev–Trinajstić information content (AvgIpc) is 2.33. The molecule has 0 aliphatic heterocycles. The van der Waals surface area contributed by atoms with Crippen molar-refractivity contribution in [1.29, 1.82) is 0 Å². The molecular weight excluding hydrogens is 242 g/mol. The van der Waals surface area contributed by atoms with Gasteiger partial charge in [0.2, 0.25) is 11.9 Å². The van der Waals surface area contributed by atoms with E-state index >= 15 is 0 Å². The van der Waals surface area contributed by atoms with Crippen molar-refractivity contribution >= 4 is 11.9 Å². The molecule has 0 spiro atoms. The Morgan fingerprint density at radius 3 is 2.47 bits per heavy atom. The first-order valence-corrected chi connectivity index (χ1v) is 6.99. The van der Waals surface area contributed by atoms with Gasteiger partial charge in [-0.1, -0.05) is 19.8 Å². The Hall–Kier alpha value is -1.59. The average molecular weight is 267 g/mol. The molecule has 0 saturated heterocycles. The number of unbranched alkanes of at least 4 members (excludes halogenated alkanes) is 2. The van der Waals surface area contributed by atoms with Crippen molar-refractivity contribution < 1.29 is 4.74 Å². The monoisotopic (exact) mass is 267 g/mol. The fourth-order valence-corrected chi connectivity index (χ4v) is 1.80. The molecular formula is C13H25N5O. The number of hydrogen-bond acceptors (Lipinski definition) is 6. The van der Waals surface area contributed by atoms with Crippen LogP contribution in [0.5, 0.6) is 6.01 Å². The van der Waals surface area contributed by atoms with Gasteiger partial charge in [0.25, 0.3) is 0 Å². The van der Waals surface area contributed by atoms with Crippen LogP contribution in [0.3, 0.4) is 0 Å². The van der Waals surface area contributed by atoms with E-state index in [9.17, 15) is 0 Å². The van der Waals surface area contributed by atoms with Crippen LogP contribution >= 0.6 is 0 Å². The molecule has 0 aromatic carbocycles. The van der Waals surface area contributed by atoms with Crippen LogP contribution in [-0.4, -0.2) is 34.1 Å². The highest BCUT2D eigenvalue weighted by Gasteiger charge is 2.15. The number of hydrogen-bond donors (Lipinski definition) is 1. The number of aromatic nitrogens is 3. The van der Waals surface area contributed by atoms with E-state index in [1.165, 1.54) is 12.8 Å². The topological polar surface area (TPSA) is 77.2 Å². The van der Waals surface area contributed by atoms with Gasteiger partial charge in [0.05, 0.1) is 6.61 Å². The zero-order valence-electron chi connectivity index (χ0n) is 12.4. The van der Waals surface area contributed by atoms with Gasteiger partial charge in [-0.2, -0.15) is 15.0 Å². The number of nitrogens with zero attached hydrogens (tertiary/aromatic N) is 4. The molecule has 0 aliphatic carbocycles. The Kier molecular flexibility index (Phi) is 6.32. The van der Waals surface area contributed by atoms with Gasteiger partial charge in [0, 0.05) is 12.6 Å². The van der Waals surface area contributed by atoms with Gasteiger partial charge in [-0.25, -0.2) is 0 Å². The second-order valence-corrected chi connectivity index (χ2v) is 4.70. The molecule has 108 valence electrons. The zero-order chi connectivity index (χ0) is 14.3. The molecule has 0 bridgehead atoms. The van der Waals surface area contributed by atoms with Crippen molar-refractivity contribution in [1.82, 2.24) is 15.0 Å². The molecule has 0 atom stereocenters. The van der Waals surface area contributed by atoms with Crippen molar-refractivity contribution in [2.45, 2.75) is 53.0 Å². The van der Waals surface area contributed by atoms with Crippen molar-refractivity contribution in [3.05, 3.63) is 0 Å². The Morgan fingerprint density at radius 1 is 1.16 bits per heavy atom. The van der Waals surface area contributed by atoms with Crippen LogP contribution in [0, 0.1) is 0 Å². The van der Waals surface area contributed by atoms with E-state index in [1.54, 1.807) is 0 Å². The predicted molar refractivity (Wildman–Crippen MR) is 77.4 cm³/mol. The molecule has 19 heavy (non-hydrogen) atoms. The van der Waals surface area contributed by atoms with Crippen LogP contribution in [0.1, 0.15) is 47.0 Å². The highest BCUT2D eigenvalue weighted by Crippen LogP contribution is 2.17. The molecule has 1 heterocycles. The lowest BCUT2D eigenvalue weighted by Gasteiger charge is -2.26. The summed E-state index contributed by atoms with van der Waals surface area (Å²) < 4.78 is 5.31. The minimum Gasteiger partial charge on any atom is -0.464 e. The molecule has 0 saturated carbocycles. The molecule has 0 aliphatic rings. The van der Waals surface area contributed by atoms with Crippen molar-refractivity contribution in [2.75, 3.05) is 23.8 Å². The van der Waals surface area contributed by atoms with E-state index in [2.05, 4.69) is 40.6 Å². The van der Waals surface area contributed by atoms with Crippen molar-refractivity contribution in [3.8, 4) is 6.01 Å². The van der Waals surface area contributed by atoms with E-state index in [0.717, 1.165) is 13.0 Å². The first kappa shape index (κ1) is 15.5. The molecule has 6 nitrogen and oxygen atoms in total. The van der Waals surface area contributed by atoms with E-state index < -0.39 is 0 Å². The number of ether oxygens (including phenoxy) is 1. The summed E-state index contributed by atoms with van der Waals surface area (Å²) in [5.74, 6) is 0.802. The first-order valence-electron chi connectivity index (χ1n) is 6.99. The molecule has 1 aromatic rings. The van der Waals surface area contributed by atoms with Gasteiger partial charge in [0.1, 0.15) is 0 Å². The zero-order valence-corrected chi connectivity index (χ0v) is 12.4. The predicted octanol–water partition coefficient (Wildman–Crippen LogP) is 2.26. The van der Waals surface area contributed by atoms with Crippen LogP contribution in [0.15, 0.2) is 0 Å². The fourth-order valence-electron chi connectivity index (χ4n) is 1.80. The van der Waals surface area contributed by atoms with E-state index in [4.69, 9.17) is 10.5 Å². The molecule has 0 amide bonds. The molecule has 0 radical (unpaired) electrons. The van der Waals surface area contributed by atoms with Crippen molar-refractivity contribution in [3.63, 3.8) is 0 Å². The lowest BCUT2D eigenvalue weighted by Crippen LogP contribution is -2.33. The minimum atomic E-state index is 0.203. The summed E-state index contributed by atoms with van der Waals surface area (Å²) >= 11 is 0. The Bertz CT molecular complexity index is 383. The highest BCUT2D eigenvalue weighted by molar-refractivity contribution is 5.36. The summed E-state index contributed by atoms with van der Waals surface area (Å²) in [5.41, 5.74) is 5.71. The number of rotatable bonds is 8. The molecule has 2 N–H and O–H groups in total. The van der Waals surface area contributed by atoms with Gasteiger partial charge in [-0.3, -0.25) is 0 Å². The van der Waals surface area contributed by atoms with E-state index in [0.29, 0.717) is 24.6 Å². The third-order valence-electron chi connectivity index (χ3n) is 2.78. The molecule has 6 heteroatoms. The summed E-state index contributed by atoms with van der Waals surface area (Å²) in [4.78, 5) is 14.6. The van der Waals surface area contributed by atoms with Crippen LogP contribution in [0.2, 0.25) is 0 Å². The standard InChI is InChI=1S/C13H25N5O/c1-5-7-8-9-18(10(3)4)12-15-11(14)16-13(17-12)19-6-2/h10H,5-9H2,1-4H3,(H2,14,15,16,17). The maximum Gasteiger partial charge on any atom is 0.323 e. The Morgan fingerprint density at radius 2 is 1.89 bits per heavy atom. The summed E-state index contributed by atoms with van der Waals surface area (Å²) in [6, 6.07) is 0.610. The van der Waals surface area contributed by atoms with Crippen LogP contribution in [0.4, 0.5) is 11.9 Å². The third-order valence-corrected chi connectivity index (χ3v) is 2.78. The van der Waals surface area contributed by atoms with Crippen LogP contribution in [0.25, 0.3) is 0 Å². The normalized spacial score (nSPS) is 10.8. The maximum atomic E-state index is 5.71. The highest BCUT2D eigenvalue weighted by atomic mass is 16.5. The van der Waals surface area contributed by atoms with Crippen molar-refractivity contribution in [2.24, 2.45) is 0 Å². The molecule has 1 rings (SSSR count). The third kappa shape index (κ3) is 4.89. The minimum absolute atomic E-state index is 0.203. The summed E-state index contributed by atoms with van der Waals surface area (Å²) in [7, 11) is 0. The van der Waals surface area contributed by atoms with Gasteiger partial charge < -0.3 is 15.4 Å². The quantitative estimate of drug-likeness (QED) is 0.728. The SMILES string of the molecule is CCCCCN(c1nc(N)nc(OCC)n1)C(C)C. The van der Waals surface area contributed by atoms with E-state index in [1.807, 2.05) is 6.92 Å². The smallest absolute Gasteiger partial charge is 0.323 e. The number of nitrogen functional groups attached to an aromatic ring is 1. The Balaban J connectivity index is 2.88. The van der Waals surface area contributed by atoms with E-state index in [-0.39, 0.29) is 5.95 Å². The van der Waals surface area contributed by atoms with Crippen LogP contribution in [-0.2, 0) is 0 Å². The van der Waals surface area contributed by atoms with Gasteiger partial charge >= 0.3 is 6.01 Å². The number of anilines is 2. The van der Waals surface area contributed by atoms with Crippen LogP contribution < -0.4 is 15.4 Å². The lowest BCUT2D eigenvalue weighted by atomic mass is 10.2. The summed E-state index contributed by atoms with van der Waals surface area (Å²) in [6.07, 6.45) is 3.50. The summed E-state index contributed by atoms with van der Waals surface area (Å²) in [5, 5.41) is 0. The van der Waals surface area contributed by atoms with Gasteiger partial charge in [0.15, 0.2) is 0 Å². The largest absolute Gasteiger partial charge is 0.464 e. The second-order valence-electron chi connectivity index (χ2n) is 4.70. The Labute approximate surface area is 115 Å². The molecule has 0 unspecified atom stereocenters.